The van der Waals surface area contributed by atoms with E-state index in [1.807, 2.05) is 18.7 Å². The lowest BCUT2D eigenvalue weighted by Crippen LogP contribution is -2.45. The van der Waals surface area contributed by atoms with Gasteiger partial charge in [-0.25, -0.2) is 0 Å². The minimum absolute atomic E-state index is 0.125. The van der Waals surface area contributed by atoms with Gasteiger partial charge < -0.3 is 10.2 Å². The van der Waals surface area contributed by atoms with E-state index in [1.54, 1.807) is 11.3 Å². The lowest BCUT2D eigenvalue weighted by atomic mass is 10.0. The maximum Gasteiger partial charge on any atom is 0.225 e. The number of amides is 1. The fourth-order valence-corrected chi connectivity index (χ4v) is 2.99. The Kier molecular flexibility index (Phi) is 4.78. The van der Waals surface area contributed by atoms with Crippen molar-refractivity contribution in [1.82, 2.24) is 10.2 Å². The van der Waals surface area contributed by atoms with Crippen LogP contribution in [0.25, 0.3) is 0 Å². The number of hydrogen-bond donors (Lipinski definition) is 1. The van der Waals surface area contributed by atoms with Gasteiger partial charge >= 0.3 is 0 Å². The molecule has 1 fully saturated rings. The molecule has 1 aliphatic rings. The van der Waals surface area contributed by atoms with Crippen molar-refractivity contribution >= 4 is 17.2 Å². The van der Waals surface area contributed by atoms with Crippen LogP contribution in [-0.4, -0.2) is 29.9 Å². The molecule has 1 N–H and O–H groups in total. The average Bonchev–Trinajstić information content (AvgIpc) is 2.89. The van der Waals surface area contributed by atoms with Crippen molar-refractivity contribution in [3.8, 4) is 0 Å². The minimum atomic E-state index is 0.125. The molecule has 100 valence electrons. The Morgan fingerprint density at radius 2 is 2.22 bits per heavy atom. The van der Waals surface area contributed by atoms with Gasteiger partial charge in [-0.05, 0) is 35.2 Å². The van der Waals surface area contributed by atoms with Crippen LogP contribution in [0.5, 0.6) is 0 Å². The molecule has 0 aliphatic carbocycles. The van der Waals surface area contributed by atoms with Crippen molar-refractivity contribution in [3.05, 3.63) is 22.4 Å². The lowest BCUT2D eigenvalue weighted by Gasteiger charge is -2.33. The number of piperidine rings is 1. The molecule has 1 amide bonds. The molecular weight excluding hydrogens is 244 g/mol. The van der Waals surface area contributed by atoms with Gasteiger partial charge in [0.05, 0.1) is 0 Å². The third-order valence-electron chi connectivity index (χ3n) is 3.48. The number of rotatable bonds is 4. The van der Waals surface area contributed by atoms with Crippen LogP contribution >= 0.6 is 11.3 Å². The van der Waals surface area contributed by atoms with Gasteiger partial charge in [0, 0.05) is 31.6 Å². The first-order chi connectivity index (χ1) is 8.66. The summed E-state index contributed by atoms with van der Waals surface area (Å²) < 4.78 is 0. The van der Waals surface area contributed by atoms with Crippen LogP contribution in [0.15, 0.2) is 16.8 Å². The van der Waals surface area contributed by atoms with Crippen molar-refractivity contribution in [1.29, 1.82) is 0 Å². The number of hydrogen-bond acceptors (Lipinski definition) is 3. The van der Waals surface area contributed by atoms with Gasteiger partial charge in [0.2, 0.25) is 5.91 Å². The summed E-state index contributed by atoms with van der Waals surface area (Å²) in [6, 6.07) is 2.72. The lowest BCUT2D eigenvalue weighted by molar-refractivity contribution is -0.135. The minimum Gasteiger partial charge on any atom is -0.342 e. The molecule has 0 spiro atoms. The van der Waals surface area contributed by atoms with Gasteiger partial charge in [-0.2, -0.15) is 11.3 Å². The number of carbonyl (C=O) groups excluding carboxylic acids is 1. The van der Waals surface area contributed by atoms with Gasteiger partial charge in [0.1, 0.15) is 0 Å². The Hall–Kier alpha value is -0.870. The van der Waals surface area contributed by atoms with Crippen LogP contribution < -0.4 is 5.32 Å². The first-order valence-corrected chi connectivity index (χ1v) is 7.64. The van der Waals surface area contributed by atoms with Gasteiger partial charge in [0.25, 0.3) is 0 Å². The molecule has 1 saturated heterocycles. The van der Waals surface area contributed by atoms with Gasteiger partial charge in [-0.1, -0.05) is 13.8 Å². The van der Waals surface area contributed by atoms with Crippen molar-refractivity contribution in [2.45, 2.75) is 39.3 Å². The van der Waals surface area contributed by atoms with Crippen molar-refractivity contribution in [2.24, 2.45) is 5.92 Å². The molecule has 1 aromatic heterocycles. The fourth-order valence-electron chi connectivity index (χ4n) is 2.32. The zero-order chi connectivity index (χ0) is 13.0. The second-order valence-electron chi connectivity index (χ2n) is 5.27. The molecule has 18 heavy (non-hydrogen) atoms. The number of nitrogens with one attached hydrogen (secondary N) is 1. The summed E-state index contributed by atoms with van der Waals surface area (Å²) in [4.78, 5) is 13.9. The van der Waals surface area contributed by atoms with Gasteiger partial charge in [-0.15, -0.1) is 0 Å². The van der Waals surface area contributed by atoms with E-state index in [4.69, 9.17) is 0 Å². The largest absolute Gasteiger partial charge is 0.342 e. The molecule has 2 heterocycles. The summed E-state index contributed by atoms with van der Waals surface area (Å²) >= 11 is 1.74. The molecule has 0 saturated carbocycles. The van der Waals surface area contributed by atoms with Crippen LogP contribution in [-0.2, 0) is 11.3 Å². The summed E-state index contributed by atoms with van der Waals surface area (Å²) in [6.45, 7) is 6.70. The monoisotopic (exact) mass is 266 g/mol. The Balaban J connectivity index is 1.72. The van der Waals surface area contributed by atoms with Crippen molar-refractivity contribution in [2.75, 3.05) is 13.1 Å². The third-order valence-corrected chi connectivity index (χ3v) is 4.21. The summed E-state index contributed by atoms with van der Waals surface area (Å²) in [5.41, 5.74) is 1.36. The average molecular weight is 266 g/mol. The van der Waals surface area contributed by atoms with E-state index in [9.17, 15) is 4.79 Å². The smallest absolute Gasteiger partial charge is 0.225 e. The quantitative estimate of drug-likeness (QED) is 0.908. The maximum atomic E-state index is 11.9. The van der Waals surface area contributed by atoms with E-state index in [2.05, 4.69) is 22.1 Å². The number of thiophene rings is 1. The number of likely N-dealkylation sites (tertiary alicyclic amines) is 1. The Morgan fingerprint density at radius 3 is 2.78 bits per heavy atom. The molecule has 3 nitrogen and oxygen atoms in total. The molecule has 0 bridgehead atoms. The highest BCUT2D eigenvalue weighted by Crippen LogP contribution is 2.14. The molecule has 0 radical (unpaired) electrons. The van der Waals surface area contributed by atoms with Crippen LogP contribution in [0.3, 0.4) is 0 Å². The fraction of sp³-hybridized carbons (Fsp3) is 0.643. The Labute approximate surface area is 113 Å². The molecule has 0 atom stereocenters. The predicted molar refractivity (Wildman–Crippen MR) is 75.6 cm³/mol. The van der Waals surface area contributed by atoms with Crippen molar-refractivity contribution in [3.63, 3.8) is 0 Å². The normalized spacial score (nSPS) is 17.4. The highest BCUT2D eigenvalue weighted by atomic mass is 32.1. The Morgan fingerprint density at radius 1 is 1.50 bits per heavy atom. The standard InChI is InChI=1S/C14H22N2OS/c1-11(2)14(17)16-6-3-13(4-7-16)15-9-12-5-8-18-10-12/h5,8,10-11,13,15H,3-4,6-7,9H2,1-2H3. The van der Waals surface area contributed by atoms with Gasteiger partial charge in [0.15, 0.2) is 0 Å². The molecule has 1 aliphatic heterocycles. The zero-order valence-electron chi connectivity index (χ0n) is 11.2. The van der Waals surface area contributed by atoms with E-state index in [-0.39, 0.29) is 5.92 Å². The van der Waals surface area contributed by atoms with Gasteiger partial charge in [-0.3, -0.25) is 4.79 Å². The van der Waals surface area contributed by atoms with Crippen molar-refractivity contribution < 1.29 is 4.79 Å². The molecule has 2 rings (SSSR count). The van der Waals surface area contributed by atoms with Crippen LogP contribution in [0.2, 0.25) is 0 Å². The maximum absolute atomic E-state index is 11.9. The summed E-state index contributed by atoms with van der Waals surface area (Å²) in [7, 11) is 0. The van der Waals surface area contributed by atoms with Crippen LogP contribution in [0.4, 0.5) is 0 Å². The van der Waals surface area contributed by atoms with E-state index in [0.29, 0.717) is 11.9 Å². The number of nitrogens with zero attached hydrogens (tertiary/aromatic N) is 1. The molecule has 0 unspecified atom stereocenters. The SMILES string of the molecule is CC(C)C(=O)N1CCC(NCc2ccsc2)CC1. The van der Waals surface area contributed by atoms with E-state index in [0.717, 1.165) is 32.5 Å². The highest BCUT2D eigenvalue weighted by molar-refractivity contribution is 7.07. The zero-order valence-corrected chi connectivity index (χ0v) is 12.0. The second-order valence-corrected chi connectivity index (χ2v) is 6.05. The Bertz CT molecular complexity index is 367. The summed E-state index contributed by atoms with van der Waals surface area (Å²) in [5.74, 6) is 0.423. The summed E-state index contributed by atoms with van der Waals surface area (Å²) in [5, 5.41) is 7.88. The predicted octanol–water partition coefficient (Wildman–Crippen LogP) is 2.48. The number of carbonyl (C=O) groups is 1. The first kappa shape index (κ1) is 13.6. The van der Waals surface area contributed by atoms with E-state index in [1.165, 1.54) is 5.56 Å². The highest BCUT2D eigenvalue weighted by Gasteiger charge is 2.23. The second kappa shape index (κ2) is 6.34. The molecular formula is C14H22N2OS. The molecule has 0 aromatic carbocycles. The third kappa shape index (κ3) is 3.56. The van der Waals surface area contributed by atoms with E-state index >= 15 is 0 Å². The van der Waals surface area contributed by atoms with E-state index < -0.39 is 0 Å². The molecule has 1 aromatic rings. The molecule has 4 heteroatoms. The first-order valence-electron chi connectivity index (χ1n) is 6.70. The summed E-state index contributed by atoms with van der Waals surface area (Å²) in [6.07, 6.45) is 2.14. The topological polar surface area (TPSA) is 32.3 Å². The van der Waals surface area contributed by atoms with Crippen LogP contribution in [0, 0.1) is 5.92 Å². The van der Waals surface area contributed by atoms with Crippen LogP contribution in [0.1, 0.15) is 32.3 Å².